The molecule has 112 valence electrons. The number of carboxylic acids is 1. The van der Waals surface area contributed by atoms with Crippen molar-refractivity contribution in [1.29, 1.82) is 0 Å². The fraction of sp³-hybridized carbons (Fsp3) is 0.231. The molecule has 0 spiro atoms. The Bertz CT molecular complexity index is 695. The molecular weight excluding hydrogens is 305 g/mol. The SMILES string of the molecule is Cc1cc(Sc2ccc(C(F)(F)F)cc2C(=O)O)n(C)n1. The van der Waals surface area contributed by atoms with Crippen LogP contribution < -0.4 is 0 Å². The fourth-order valence-electron chi connectivity index (χ4n) is 1.76. The van der Waals surface area contributed by atoms with Crippen LogP contribution in [0.3, 0.4) is 0 Å². The molecule has 0 saturated heterocycles. The van der Waals surface area contributed by atoms with Crippen molar-refractivity contribution in [1.82, 2.24) is 9.78 Å². The summed E-state index contributed by atoms with van der Waals surface area (Å²) in [6.45, 7) is 1.77. The standard InChI is InChI=1S/C13H11F3N2O2S/c1-7-5-11(18(2)17-7)21-10-4-3-8(13(14,15)16)6-9(10)12(19)20/h3-6H,1-2H3,(H,19,20). The molecule has 1 N–H and O–H groups in total. The van der Waals surface area contributed by atoms with Gasteiger partial charge in [0, 0.05) is 11.9 Å². The molecule has 1 aromatic heterocycles. The zero-order valence-corrected chi connectivity index (χ0v) is 11.9. The first-order chi connectivity index (χ1) is 9.68. The Morgan fingerprint density at radius 2 is 2.00 bits per heavy atom. The maximum absolute atomic E-state index is 12.6. The quantitative estimate of drug-likeness (QED) is 0.940. The molecule has 1 heterocycles. The molecule has 0 bridgehead atoms. The Balaban J connectivity index is 2.44. The molecule has 0 aliphatic heterocycles. The summed E-state index contributed by atoms with van der Waals surface area (Å²) in [7, 11) is 1.68. The minimum Gasteiger partial charge on any atom is -0.478 e. The number of hydrogen-bond donors (Lipinski definition) is 1. The Morgan fingerprint density at radius 3 is 2.48 bits per heavy atom. The van der Waals surface area contributed by atoms with Crippen molar-refractivity contribution in [2.24, 2.45) is 7.05 Å². The third-order valence-electron chi connectivity index (χ3n) is 2.71. The highest BCUT2D eigenvalue weighted by atomic mass is 32.2. The maximum atomic E-state index is 12.6. The lowest BCUT2D eigenvalue weighted by Gasteiger charge is -2.10. The van der Waals surface area contributed by atoms with Gasteiger partial charge in [0.1, 0.15) is 0 Å². The van der Waals surface area contributed by atoms with Gasteiger partial charge in [-0.1, -0.05) is 11.8 Å². The van der Waals surface area contributed by atoms with Crippen LogP contribution in [0.1, 0.15) is 21.6 Å². The minimum absolute atomic E-state index is 0.235. The molecule has 8 heteroatoms. The summed E-state index contributed by atoms with van der Waals surface area (Å²) < 4.78 is 39.5. The summed E-state index contributed by atoms with van der Waals surface area (Å²) in [5, 5.41) is 13.9. The molecular formula is C13H11F3N2O2S. The van der Waals surface area contributed by atoms with Crippen LogP contribution in [0.2, 0.25) is 0 Å². The number of alkyl halides is 3. The van der Waals surface area contributed by atoms with Crippen LogP contribution >= 0.6 is 11.8 Å². The highest BCUT2D eigenvalue weighted by Crippen LogP contribution is 2.35. The molecule has 0 unspecified atom stereocenters. The molecule has 2 rings (SSSR count). The van der Waals surface area contributed by atoms with Crippen molar-refractivity contribution in [3.63, 3.8) is 0 Å². The summed E-state index contributed by atoms with van der Waals surface area (Å²) in [5.41, 5.74) is -0.622. The first-order valence-electron chi connectivity index (χ1n) is 5.81. The summed E-state index contributed by atoms with van der Waals surface area (Å²) in [5.74, 6) is -1.40. The van der Waals surface area contributed by atoms with Crippen LogP contribution in [-0.2, 0) is 13.2 Å². The number of aromatic carboxylic acids is 1. The van der Waals surface area contributed by atoms with Crippen LogP contribution in [0.5, 0.6) is 0 Å². The summed E-state index contributed by atoms with van der Waals surface area (Å²) >= 11 is 1.06. The van der Waals surface area contributed by atoms with Gasteiger partial charge in [-0.2, -0.15) is 18.3 Å². The smallest absolute Gasteiger partial charge is 0.416 e. The first kappa shape index (κ1) is 15.4. The number of halogens is 3. The zero-order valence-electron chi connectivity index (χ0n) is 11.1. The van der Waals surface area contributed by atoms with E-state index in [0.29, 0.717) is 11.1 Å². The van der Waals surface area contributed by atoms with Gasteiger partial charge in [0.15, 0.2) is 0 Å². The summed E-state index contributed by atoms with van der Waals surface area (Å²) in [6, 6.07) is 4.42. The third-order valence-corrected chi connectivity index (χ3v) is 3.88. The monoisotopic (exact) mass is 316 g/mol. The van der Waals surface area contributed by atoms with Crippen molar-refractivity contribution in [2.45, 2.75) is 23.0 Å². The Hall–Kier alpha value is -1.96. The molecule has 2 aromatic rings. The molecule has 0 atom stereocenters. The van der Waals surface area contributed by atoms with Crippen LogP contribution in [0.15, 0.2) is 34.2 Å². The van der Waals surface area contributed by atoms with Crippen LogP contribution in [0, 0.1) is 6.92 Å². The Morgan fingerprint density at radius 1 is 1.33 bits per heavy atom. The Labute approximate surface area is 122 Å². The number of rotatable bonds is 3. The second-order valence-electron chi connectivity index (χ2n) is 4.36. The van der Waals surface area contributed by atoms with Crippen molar-refractivity contribution in [2.75, 3.05) is 0 Å². The number of hydrogen-bond acceptors (Lipinski definition) is 3. The van der Waals surface area contributed by atoms with E-state index < -0.39 is 17.7 Å². The second kappa shape index (κ2) is 5.44. The fourth-order valence-corrected chi connectivity index (χ4v) is 2.78. The summed E-state index contributed by atoms with van der Waals surface area (Å²) in [4.78, 5) is 11.4. The Kier molecular flexibility index (Phi) is 3.99. The van der Waals surface area contributed by atoms with E-state index in [2.05, 4.69) is 5.10 Å². The average molecular weight is 316 g/mol. The van der Waals surface area contributed by atoms with Gasteiger partial charge in [-0.25, -0.2) is 4.79 Å². The molecule has 0 radical (unpaired) electrons. The molecule has 21 heavy (non-hydrogen) atoms. The predicted octanol–water partition coefficient (Wildman–Crippen LogP) is 3.60. The molecule has 1 aromatic carbocycles. The van der Waals surface area contributed by atoms with Crippen molar-refractivity contribution in [3.05, 3.63) is 41.1 Å². The van der Waals surface area contributed by atoms with E-state index in [0.717, 1.165) is 23.5 Å². The van der Waals surface area contributed by atoms with Crippen LogP contribution in [-0.4, -0.2) is 20.9 Å². The lowest BCUT2D eigenvalue weighted by Crippen LogP contribution is -2.08. The number of benzene rings is 1. The number of nitrogens with zero attached hydrogens (tertiary/aromatic N) is 2. The van der Waals surface area contributed by atoms with E-state index in [1.807, 2.05) is 0 Å². The van der Waals surface area contributed by atoms with Gasteiger partial charge in [-0.3, -0.25) is 4.68 Å². The molecule has 0 aliphatic carbocycles. The summed E-state index contributed by atoms with van der Waals surface area (Å²) in [6.07, 6.45) is -4.57. The number of aryl methyl sites for hydroxylation is 2. The highest BCUT2D eigenvalue weighted by Gasteiger charge is 2.32. The van der Waals surface area contributed by atoms with Crippen molar-refractivity contribution in [3.8, 4) is 0 Å². The molecule has 4 nitrogen and oxygen atoms in total. The zero-order chi connectivity index (χ0) is 15.8. The number of carboxylic acid groups (broad SMARTS) is 1. The minimum atomic E-state index is -4.57. The largest absolute Gasteiger partial charge is 0.478 e. The van der Waals surface area contributed by atoms with E-state index in [-0.39, 0.29) is 10.5 Å². The van der Waals surface area contributed by atoms with E-state index >= 15 is 0 Å². The first-order valence-corrected chi connectivity index (χ1v) is 6.63. The molecule has 0 amide bonds. The predicted molar refractivity (Wildman–Crippen MR) is 70.5 cm³/mol. The molecule has 0 aliphatic rings. The van der Waals surface area contributed by atoms with Gasteiger partial charge in [0.05, 0.1) is 21.8 Å². The molecule has 0 fully saturated rings. The van der Waals surface area contributed by atoms with Crippen LogP contribution in [0.4, 0.5) is 13.2 Å². The van der Waals surface area contributed by atoms with Crippen molar-refractivity contribution >= 4 is 17.7 Å². The topological polar surface area (TPSA) is 55.1 Å². The van der Waals surface area contributed by atoms with E-state index in [9.17, 15) is 18.0 Å². The molecule has 0 saturated carbocycles. The average Bonchev–Trinajstić information content (AvgIpc) is 2.66. The third kappa shape index (κ3) is 3.38. The van der Waals surface area contributed by atoms with Gasteiger partial charge in [0.2, 0.25) is 0 Å². The van der Waals surface area contributed by atoms with Gasteiger partial charge in [-0.05, 0) is 31.2 Å². The second-order valence-corrected chi connectivity index (χ2v) is 5.43. The van der Waals surface area contributed by atoms with E-state index in [1.165, 1.54) is 6.07 Å². The lowest BCUT2D eigenvalue weighted by molar-refractivity contribution is -0.137. The maximum Gasteiger partial charge on any atom is 0.416 e. The van der Waals surface area contributed by atoms with Crippen molar-refractivity contribution < 1.29 is 23.1 Å². The normalized spacial score (nSPS) is 11.7. The van der Waals surface area contributed by atoms with Gasteiger partial charge >= 0.3 is 12.1 Å². The van der Waals surface area contributed by atoms with Gasteiger partial charge < -0.3 is 5.11 Å². The number of aromatic nitrogens is 2. The van der Waals surface area contributed by atoms with Gasteiger partial charge in [-0.15, -0.1) is 0 Å². The lowest BCUT2D eigenvalue weighted by atomic mass is 10.1. The van der Waals surface area contributed by atoms with E-state index in [4.69, 9.17) is 5.11 Å². The van der Waals surface area contributed by atoms with Crippen LogP contribution in [0.25, 0.3) is 0 Å². The van der Waals surface area contributed by atoms with Gasteiger partial charge in [0.25, 0.3) is 0 Å². The van der Waals surface area contributed by atoms with E-state index in [1.54, 1.807) is 24.7 Å². The number of carbonyl (C=O) groups is 1. The highest BCUT2D eigenvalue weighted by molar-refractivity contribution is 7.99.